The Labute approximate surface area is 283 Å². The van der Waals surface area contributed by atoms with E-state index in [2.05, 4.69) is 18.8 Å². The van der Waals surface area contributed by atoms with Crippen molar-refractivity contribution in [1.82, 2.24) is 19.6 Å². The van der Waals surface area contributed by atoms with Crippen LogP contribution in [0.4, 0.5) is 5.69 Å². The van der Waals surface area contributed by atoms with Crippen LogP contribution in [0.2, 0.25) is 0 Å². The first-order valence-corrected chi connectivity index (χ1v) is 17.5. The number of methoxy groups -OCH3 is 1. The van der Waals surface area contributed by atoms with Crippen LogP contribution >= 0.6 is 0 Å². The van der Waals surface area contributed by atoms with Crippen molar-refractivity contribution in [2.75, 3.05) is 31.8 Å². The number of carbonyl (C=O) groups is 3. The van der Waals surface area contributed by atoms with Crippen LogP contribution in [0.15, 0.2) is 65.1 Å². The van der Waals surface area contributed by atoms with Gasteiger partial charge in [-0.25, -0.2) is 9.48 Å². The van der Waals surface area contributed by atoms with E-state index in [1.165, 1.54) is 7.11 Å². The van der Waals surface area contributed by atoms with E-state index in [9.17, 15) is 19.5 Å². The lowest BCUT2D eigenvalue weighted by molar-refractivity contribution is 0.0542. The number of aromatic nitrogens is 2. The highest BCUT2D eigenvalue weighted by Gasteiger charge is 2.32. The lowest BCUT2D eigenvalue weighted by atomic mass is 9.93. The van der Waals surface area contributed by atoms with Crippen molar-refractivity contribution in [3.8, 4) is 5.69 Å². The predicted octanol–water partition coefficient (Wildman–Crippen LogP) is 4.52. The van der Waals surface area contributed by atoms with Crippen LogP contribution in [-0.4, -0.2) is 85.0 Å². The van der Waals surface area contributed by atoms with Gasteiger partial charge in [0.15, 0.2) is 5.69 Å². The molecule has 2 amide bonds. The van der Waals surface area contributed by atoms with Gasteiger partial charge in [0.1, 0.15) is 5.38 Å². The number of hydrogen-bond donors (Lipinski definition) is 2. The number of hydrogen-bond acceptors (Lipinski definition) is 8. The maximum Gasteiger partial charge on any atom is 0.373 e. The van der Waals surface area contributed by atoms with Gasteiger partial charge < -0.3 is 29.0 Å². The molecule has 3 heterocycles. The number of nitrogens with zero attached hydrogens (tertiary/aromatic N) is 4. The van der Waals surface area contributed by atoms with Crippen molar-refractivity contribution in [2.45, 2.75) is 65.5 Å². The number of benzene rings is 2. The van der Waals surface area contributed by atoms with Gasteiger partial charge in [-0.2, -0.15) is 5.10 Å². The number of ether oxygens (including phenoxy) is 1. The highest BCUT2D eigenvalue weighted by atomic mass is 28.2. The number of aryl methyl sites for hydroxylation is 1. The minimum atomic E-state index is -0.559. The topological polar surface area (TPSA) is 130 Å². The van der Waals surface area contributed by atoms with Gasteiger partial charge >= 0.3 is 5.97 Å². The zero-order chi connectivity index (χ0) is 34.2. The molecule has 48 heavy (non-hydrogen) atoms. The van der Waals surface area contributed by atoms with Gasteiger partial charge in [0.2, 0.25) is 5.76 Å². The number of fused-ring (bicyclic) bond motifs is 1. The monoisotopic (exact) mass is 669 g/mol. The molecule has 0 saturated heterocycles. The smallest absolute Gasteiger partial charge is 0.373 e. The number of amides is 2. The Morgan fingerprint density at radius 2 is 1.77 bits per heavy atom. The van der Waals surface area contributed by atoms with Crippen LogP contribution < -0.4 is 10.4 Å². The zero-order valence-corrected chi connectivity index (χ0v) is 29.0. The molecule has 1 atom stereocenters. The van der Waals surface area contributed by atoms with Gasteiger partial charge in [-0.3, -0.25) is 9.59 Å². The average molecular weight is 670 g/mol. The highest BCUT2D eigenvalue weighted by Crippen LogP contribution is 2.29. The Morgan fingerprint density at radius 3 is 2.46 bits per heavy atom. The molecule has 2 aromatic carbocycles. The highest BCUT2D eigenvalue weighted by molar-refractivity contribution is 6.55. The fraction of sp³-hybridized carbons (Fsp3) is 0.389. The third-order valence-corrected chi connectivity index (χ3v) is 9.49. The van der Waals surface area contributed by atoms with Crippen LogP contribution in [-0.2, 0) is 17.7 Å². The minimum Gasteiger partial charge on any atom is -0.463 e. The summed E-state index contributed by atoms with van der Waals surface area (Å²) in [5, 5.41) is 15.7. The molecular formula is C36H43N5O6Si. The number of esters is 1. The Balaban J connectivity index is 1.50. The summed E-state index contributed by atoms with van der Waals surface area (Å²) < 4.78 is 12.0. The fourth-order valence-corrected chi connectivity index (χ4v) is 6.61. The normalized spacial score (nSPS) is 14.0. The molecule has 1 aliphatic heterocycles. The molecule has 0 spiro atoms. The Kier molecular flexibility index (Phi) is 11.5. The molecule has 252 valence electrons. The molecule has 11 nitrogen and oxygen atoms in total. The second-order valence-corrected chi connectivity index (χ2v) is 13.0. The number of aliphatic hydroxyl groups is 1. The summed E-state index contributed by atoms with van der Waals surface area (Å²) >= 11 is 0. The second kappa shape index (κ2) is 15.9. The molecule has 0 aliphatic carbocycles. The number of unbranched alkanes of at least 4 members (excludes halogenated alkanes) is 2. The van der Waals surface area contributed by atoms with E-state index in [4.69, 9.17) is 14.3 Å². The Bertz CT molecular complexity index is 1740. The largest absolute Gasteiger partial charge is 0.463 e. The summed E-state index contributed by atoms with van der Waals surface area (Å²) in [5.41, 5.74) is 4.76. The van der Waals surface area contributed by atoms with Crippen LogP contribution in [0.3, 0.4) is 0 Å². The summed E-state index contributed by atoms with van der Waals surface area (Å²) in [6.45, 7) is 7.60. The number of carbonyl (C=O) groups excluding carboxylic acids is 3. The van der Waals surface area contributed by atoms with Crippen molar-refractivity contribution in [2.24, 2.45) is 0 Å². The van der Waals surface area contributed by atoms with Gasteiger partial charge in [-0.1, -0.05) is 51.0 Å². The van der Waals surface area contributed by atoms with Crippen molar-refractivity contribution in [3.63, 3.8) is 0 Å². The van der Waals surface area contributed by atoms with Crippen molar-refractivity contribution in [1.29, 1.82) is 0 Å². The van der Waals surface area contributed by atoms with Crippen molar-refractivity contribution >= 4 is 38.5 Å². The van der Waals surface area contributed by atoms with Gasteiger partial charge in [0, 0.05) is 31.0 Å². The maximum atomic E-state index is 14.5. The molecule has 0 unspecified atom stereocenters. The lowest BCUT2D eigenvalue weighted by Gasteiger charge is -2.36. The standard InChI is InChI=1S/C36H43N5O6Si/c1-5-7-17-39(18-8-6-2)35(44)30-19-24(3)41(37-30)31-14-13-27(38-48-33-16-15-32(47-33)36(45)46-4)21-29(31)34(43)40-22-26-12-10-9-11-25(26)20-28(40)23-42/h9-16,19,21,28,38,42H,5-8,17-18,20,22-23H2,1-4H3/t28-/m0/s1. The zero-order valence-electron chi connectivity index (χ0n) is 28.0. The number of aliphatic hydroxyl groups excluding tert-OH is 1. The van der Waals surface area contributed by atoms with Crippen LogP contribution in [0.5, 0.6) is 0 Å². The SMILES string of the molecule is CCCCN(CCCC)C(=O)c1cc(C)n(-c2ccc(N[Si]c3ccc(C(=O)OC)o3)cc2C(=O)N2Cc3ccccc3C[C@H]2CO)n1. The van der Waals surface area contributed by atoms with E-state index in [1.807, 2.05) is 48.2 Å². The third kappa shape index (κ3) is 7.71. The Morgan fingerprint density at radius 1 is 1.04 bits per heavy atom. The number of nitrogens with one attached hydrogen (secondary N) is 1. The third-order valence-electron chi connectivity index (χ3n) is 8.56. The van der Waals surface area contributed by atoms with E-state index in [-0.39, 0.29) is 33.9 Å². The first-order chi connectivity index (χ1) is 23.3. The molecule has 2 N–H and O–H groups in total. The number of rotatable bonds is 14. The molecule has 2 aromatic heterocycles. The van der Waals surface area contributed by atoms with Gasteiger partial charge in [0.25, 0.3) is 21.5 Å². The fourth-order valence-electron chi connectivity index (χ4n) is 5.86. The molecular weight excluding hydrogens is 627 g/mol. The molecule has 0 fully saturated rings. The lowest BCUT2D eigenvalue weighted by Crippen LogP contribution is -2.46. The molecule has 0 bridgehead atoms. The van der Waals surface area contributed by atoms with Crippen molar-refractivity contribution < 1.29 is 28.6 Å². The second-order valence-electron chi connectivity index (χ2n) is 12.0. The van der Waals surface area contributed by atoms with E-state index < -0.39 is 12.0 Å². The maximum absolute atomic E-state index is 14.5. The van der Waals surface area contributed by atoms with Gasteiger partial charge in [0.05, 0.1) is 31.0 Å². The predicted molar refractivity (Wildman–Crippen MR) is 184 cm³/mol. The Hall–Kier alpha value is -4.68. The average Bonchev–Trinajstić information content (AvgIpc) is 3.76. The quantitative estimate of drug-likeness (QED) is 0.148. The summed E-state index contributed by atoms with van der Waals surface area (Å²) in [6.07, 6.45) is 4.33. The van der Waals surface area contributed by atoms with E-state index >= 15 is 0 Å². The summed E-state index contributed by atoms with van der Waals surface area (Å²) in [4.78, 5) is 46.9. The molecule has 1 aliphatic rings. The number of anilines is 1. The minimum absolute atomic E-state index is 0.0402. The van der Waals surface area contributed by atoms with Gasteiger partial charge in [-0.15, -0.1) is 0 Å². The van der Waals surface area contributed by atoms with Crippen molar-refractivity contribution in [3.05, 3.63) is 94.5 Å². The molecule has 12 heteroatoms. The molecule has 2 radical (unpaired) electrons. The summed E-state index contributed by atoms with van der Waals surface area (Å²) in [6, 6.07) is 18.0. The number of furan rings is 1. The first-order valence-electron chi connectivity index (χ1n) is 16.5. The van der Waals surface area contributed by atoms with E-state index in [0.29, 0.717) is 54.1 Å². The van der Waals surface area contributed by atoms with Crippen LogP contribution in [0.25, 0.3) is 5.69 Å². The summed E-state index contributed by atoms with van der Waals surface area (Å²) in [5.74, 6) is -0.831. The van der Waals surface area contributed by atoms with E-state index in [0.717, 1.165) is 42.5 Å². The molecule has 4 aromatic rings. The van der Waals surface area contributed by atoms with E-state index in [1.54, 1.807) is 33.8 Å². The molecule has 0 saturated carbocycles. The van der Waals surface area contributed by atoms with Crippen LogP contribution in [0.1, 0.15) is 87.8 Å². The summed E-state index contributed by atoms with van der Waals surface area (Å²) in [7, 11) is 1.25. The van der Waals surface area contributed by atoms with Crippen LogP contribution in [0, 0.1) is 6.92 Å². The first kappa shape index (κ1) is 34.6. The van der Waals surface area contributed by atoms with Gasteiger partial charge in [-0.05, 0) is 73.7 Å². The molecule has 5 rings (SSSR count).